The predicted molar refractivity (Wildman–Crippen MR) is 113 cm³/mol. The van der Waals surface area contributed by atoms with Gasteiger partial charge in [-0.3, -0.25) is 14.7 Å². The number of H-pyrrole nitrogens is 1. The molecule has 0 saturated heterocycles. The van der Waals surface area contributed by atoms with Crippen LogP contribution in [0, 0.1) is 0 Å². The number of hydrogen-bond acceptors (Lipinski definition) is 4. The molecule has 1 N–H and O–H groups in total. The Bertz CT molecular complexity index is 1280. The van der Waals surface area contributed by atoms with E-state index in [9.17, 15) is 9.59 Å². The lowest BCUT2D eigenvalue weighted by atomic mass is 10.1. The Hall–Kier alpha value is -2.90. The van der Waals surface area contributed by atoms with Crippen LogP contribution >= 0.6 is 22.9 Å². The largest absolute Gasteiger partial charge is 0.337 e. The van der Waals surface area contributed by atoms with E-state index in [1.807, 2.05) is 41.1 Å². The lowest BCUT2D eigenvalue weighted by Crippen LogP contribution is -2.40. The van der Waals surface area contributed by atoms with Crippen LogP contribution in [-0.2, 0) is 24.2 Å². The second kappa shape index (κ2) is 7.17. The number of fused-ring (bicyclic) bond motifs is 2. The van der Waals surface area contributed by atoms with Crippen molar-refractivity contribution in [1.82, 2.24) is 19.5 Å². The minimum Gasteiger partial charge on any atom is -0.337 e. The van der Waals surface area contributed by atoms with Crippen molar-refractivity contribution in [3.8, 4) is 11.3 Å². The summed E-state index contributed by atoms with van der Waals surface area (Å²) in [7, 11) is 0. The van der Waals surface area contributed by atoms with Crippen molar-refractivity contribution in [1.29, 1.82) is 0 Å². The van der Waals surface area contributed by atoms with Gasteiger partial charge in [-0.2, -0.15) is 11.3 Å². The highest BCUT2D eigenvalue weighted by molar-refractivity contribution is 7.08. The molecule has 0 unspecified atom stereocenters. The highest BCUT2D eigenvalue weighted by Gasteiger charge is 2.25. The van der Waals surface area contributed by atoms with Crippen molar-refractivity contribution in [2.45, 2.75) is 19.4 Å². The van der Waals surface area contributed by atoms with Gasteiger partial charge >= 0.3 is 0 Å². The average molecular weight is 425 g/mol. The molecule has 0 spiro atoms. The third kappa shape index (κ3) is 3.26. The number of carbonyl (C=O) groups excluding carboxylic acids is 1. The Kier molecular flexibility index (Phi) is 4.49. The molecule has 0 aliphatic carbocycles. The molecule has 4 heterocycles. The lowest BCUT2D eigenvalue weighted by molar-refractivity contribution is -0.131. The Labute approximate surface area is 175 Å². The number of thiophene rings is 1. The maximum atomic E-state index is 13.1. The highest BCUT2D eigenvalue weighted by atomic mass is 35.5. The molecule has 0 bridgehead atoms. The van der Waals surface area contributed by atoms with E-state index in [1.54, 1.807) is 22.3 Å². The molecule has 1 aliphatic rings. The van der Waals surface area contributed by atoms with Crippen LogP contribution in [0.5, 0.6) is 0 Å². The summed E-state index contributed by atoms with van der Waals surface area (Å²) < 4.78 is 1.43. The molecule has 6 nitrogen and oxygen atoms in total. The molecule has 0 atom stereocenters. The maximum Gasteiger partial charge on any atom is 0.277 e. The first-order chi connectivity index (χ1) is 14.1. The van der Waals surface area contributed by atoms with Crippen LogP contribution < -0.4 is 5.56 Å². The average Bonchev–Trinajstić information content (AvgIpc) is 3.38. The minimum absolute atomic E-state index is 0.0294. The molecule has 1 aliphatic heterocycles. The molecular formula is C21H17ClN4O2S. The van der Waals surface area contributed by atoms with Gasteiger partial charge in [0.2, 0.25) is 5.91 Å². The molecular weight excluding hydrogens is 408 g/mol. The van der Waals surface area contributed by atoms with E-state index in [2.05, 4.69) is 10.1 Å². The fourth-order valence-electron chi connectivity index (χ4n) is 3.69. The third-order valence-corrected chi connectivity index (χ3v) is 6.28. The quantitative estimate of drug-likeness (QED) is 0.547. The summed E-state index contributed by atoms with van der Waals surface area (Å²) in [5.41, 5.74) is 4.26. The van der Waals surface area contributed by atoms with Crippen LogP contribution in [0.15, 0.2) is 52.0 Å². The Morgan fingerprint density at radius 1 is 1.28 bits per heavy atom. The molecule has 1 aromatic carbocycles. The van der Waals surface area contributed by atoms with E-state index in [0.717, 1.165) is 22.5 Å². The van der Waals surface area contributed by atoms with Gasteiger partial charge in [-0.1, -0.05) is 29.8 Å². The summed E-state index contributed by atoms with van der Waals surface area (Å²) in [6.45, 7) is 0.855. The summed E-state index contributed by atoms with van der Waals surface area (Å²) >= 11 is 7.87. The molecule has 8 heteroatoms. The van der Waals surface area contributed by atoms with Gasteiger partial charge in [0.1, 0.15) is 0 Å². The normalized spacial score (nSPS) is 13.6. The number of amides is 1. The van der Waals surface area contributed by atoms with E-state index >= 15 is 0 Å². The van der Waals surface area contributed by atoms with Crippen molar-refractivity contribution in [3.63, 3.8) is 0 Å². The maximum absolute atomic E-state index is 13.1. The summed E-state index contributed by atoms with van der Waals surface area (Å²) in [6.07, 6.45) is 0.929. The first kappa shape index (κ1) is 18.1. The Morgan fingerprint density at radius 2 is 2.14 bits per heavy atom. The molecule has 3 aromatic heterocycles. The number of halogens is 1. The van der Waals surface area contributed by atoms with Crippen molar-refractivity contribution >= 4 is 34.5 Å². The first-order valence-electron chi connectivity index (χ1n) is 9.27. The van der Waals surface area contributed by atoms with Crippen molar-refractivity contribution in [2.75, 3.05) is 6.54 Å². The van der Waals surface area contributed by atoms with E-state index in [-0.39, 0.29) is 18.0 Å². The number of aromatic amines is 1. The molecule has 1 amide bonds. The third-order valence-electron chi connectivity index (χ3n) is 5.21. The van der Waals surface area contributed by atoms with Crippen molar-refractivity contribution < 1.29 is 4.79 Å². The summed E-state index contributed by atoms with van der Waals surface area (Å²) in [5.74, 6) is 0.0294. The Morgan fingerprint density at radius 3 is 2.93 bits per heavy atom. The minimum atomic E-state index is -0.170. The zero-order valence-corrected chi connectivity index (χ0v) is 17.0. The number of rotatable bonds is 3. The van der Waals surface area contributed by atoms with Crippen LogP contribution in [-0.4, -0.2) is 31.9 Å². The molecule has 0 saturated carbocycles. The number of aromatic nitrogens is 3. The van der Waals surface area contributed by atoms with Gasteiger partial charge in [-0.25, -0.2) is 9.50 Å². The second-order valence-corrected chi connectivity index (χ2v) is 8.25. The van der Waals surface area contributed by atoms with Gasteiger partial charge < -0.3 is 4.90 Å². The van der Waals surface area contributed by atoms with Crippen LogP contribution in [0.4, 0.5) is 0 Å². The lowest BCUT2D eigenvalue weighted by Gasteiger charge is -2.27. The highest BCUT2D eigenvalue weighted by Crippen LogP contribution is 2.27. The first-order valence-corrected chi connectivity index (χ1v) is 10.6. The summed E-state index contributed by atoms with van der Waals surface area (Å²) in [5, 5.41) is 7.64. The van der Waals surface area contributed by atoms with Gasteiger partial charge in [-0.15, -0.1) is 0 Å². The van der Waals surface area contributed by atoms with Gasteiger partial charge in [0, 0.05) is 29.6 Å². The number of carbonyl (C=O) groups is 1. The summed E-state index contributed by atoms with van der Waals surface area (Å²) in [4.78, 5) is 32.2. The molecule has 0 fully saturated rings. The van der Waals surface area contributed by atoms with Gasteiger partial charge in [0.05, 0.1) is 29.9 Å². The van der Waals surface area contributed by atoms with Crippen LogP contribution in [0.2, 0.25) is 5.02 Å². The van der Waals surface area contributed by atoms with Gasteiger partial charge in [-0.05, 0) is 28.5 Å². The smallest absolute Gasteiger partial charge is 0.277 e. The van der Waals surface area contributed by atoms with Crippen LogP contribution in [0.25, 0.3) is 16.9 Å². The zero-order valence-electron chi connectivity index (χ0n) is 15.4. The number of hydrogen-bond donors (Lipinski definition) is 1. The SMILES string of the molecule is O=C(Cc1ccsc1)N1CCc2nc3cc(-c4ccccc4Cl)[nH]n3c(=O)c2C1. The van der Waals surface area contributed by atoms with E-state index in [4.69, 9.17) is 11.6 Å². The molecule has 29 heavy (non-hydrogen) atoms. The second-order valence-electron chi connectivity index (χ2n) is 7.06. The predicted octanol–water partition coefficient (Wildman–Crippen LogP) is 3.53. The van der Waals surface area contributed by atoms with Crippen LogP contribution in [0.3, 0.4) is 0 Å². The monoisotopic (exact) mass is 424 g/mol. The van der Waals surface area contributed by atoms with E-state index in [0.29, 0.717) is 35.6 Å². The standard InChI is InChI=1S/C21H17ClN4O2S/c22-16-4-2-1-3-14(16)18-10-19-23-17-5-7-25(11-15(17)21(28)26(19)24-18)20(27)9-13-6-8-29-12-13/h1-4,6,8,10,12,24H,5,7,9,11H2. The number of benzene rings is 1. The van der Waals surface area contributed by atoms with Crippen LogP contribution in [0.1, 0.15) is 16.8 Å². The summed E-state index contributed by atoms with van der Waals surface area (Å²) in [6, 6.07) is 11.2. The number of nitrogens with zero attached hydrogens (tertiary/aromatic N) is 3. The molecule has 4 aromatic rings. The van der Waals surface area contributed by atoms with E-state index < -0.39 is 0 Å². The Balaban J connectivity index is 1.49. The van der Waals surface area contributed by atoms with Crippen molar-refractivity contribution in [3.05, 3.63) is 79.4 Å². The fraction of sp³-hybridized carbons (Fsp3) is 0.190. The molecule has 146 valence electrons. The molecule has 5 rings (SSSR count). The number of nitrogens with one attached hydrogen (secondary N) is 1. The fourth-order valence-corrected chi connectivity index (χ4v) is 4.60. The van der Waals surface area contributed by atoms with Crippen molar-refractivity contribution in [2.24, 2.45) is 0 Å². The van der Waals surface area contributed by atoms with Gasteiger partial charge in [0.15, 0.2) is 5.65 Å². The zero-order chi connectivity index (χ0) is 20.0. The topological polar surface area (TPSA) is 70.5 Å². The van der Waals surface area contributed by atoms with E-state index in [1.165, 1.54) is 4.52 Å². The van der Waals surface area contributed by atoms with Gasteiger partial charge in [0.25, 0.3) is 5.56 Å². The molecule has 0 radical (unpaired) electrons.